The van der Waals surface area contributed by atoms with Gasteiger partial charge < -0.3 is 15.4 Å². The molecule has 6 heteroatoms. The molecular weight excluding hydrogens is 273 g/mol. The Hall–Kier alpha value is -2.63. The Bertz CT molecular complexity index is 705. The molecule has 0 radical (unpaired) electrons. The molecule has 1 atom stereocenters. The molecule has 1 unspecified atom stereocenters. The zero-order valence-electron chi connectivity index (χ0n) is 11.4. The fraction of sp³-hybridized carbons (Fsp3) is 0.200. The highest BCUT2D eigenvalue weighted by Crippen LogP contribution is 2.36. The summed E-state index contributed by atoms with van der Waals surface area (Å²) in [5.74, 6) is -0.0678. The number of hydrogen-bond donors (Lipinski definition) is 1. The Balaban J connectivity index is 1.99. The van der Waals surface area contributed by atoms with Gasteiger partial charge in [0.15, 0.2) is 6.10 Å². The number of rotatable bonds is 2. The minimum Gasteiger partial charge on any atom is -0.479 e. The number of ether oxygens (including phenoxy) is 1. The molecule has 0 saturated carbocycles. The summed E-state index contributed by atoms with van der Waals surface area (Å²) in [6.45, 7) is 1.90. The summed E-state index contributed by atoms with van der Waals surface area (Å²) in [4.78, 5) is 17.7. The minimum atomic E-state index is -0.610. The number of amides is 1. The molecule has 0 fully saturated rings. The summed E-state index contributed by atoms with van der Waals surface area (Å²) < 4.78 is 18.8. The van der Waals surface area contributed by atoms with E-state index in [2.05, 4.69) is 4.98 Å². The van der Waals surface area contributed by atoms with Gasteiger partial charge in [0.2, 0.25) is 0 Å². The first-order valence-corrected chi connectivity index (χ1v) is 6.51. The van der Waals surface area contributed by atoms with E-state index in [0.29, 0.717) is 22.7 Å². The second-order valence-corrected chi connectivity index (χ2v) is 4.92. The van der Waals surface area contributed by atoms with Crippen molar-refractivity contribution in [2.45, 2.75) is 19.6 Å². The number of carbonyl (C=O) groups excluding carboxylic acids is 1. The molecule has 2 aromatic rings. The van der Waals surface area contributed by atoms with Gasteiger partial charge >= 0.3 is 0 Å². The third kappa shape index (κ3) is 2.52. The van der Waals surface area contributed by atoms with Gasteiger partial charge in [0.25, 0.3) is 5.91 Å². The molecule has 1 amide bonds. The number of benzene rings is 1. The van der Waals surface area contributed by atoms with Gasteiger partial charge in [-0.05, 0) is 30.7 Å². The maximum absolute atomic E-state index is 13.2. The Morgan fingerprint density at radius 3 is 2.95 bits per heavy atom. The van der Waals surface area contributed by atoms with Gasteiger partial charge in [-0.3, -0.25) is 9.78 Å². The van der Waals surface area contributed by atoms with E-state index < -0.39 is 11.9 Å². The van der Waals surface area contributed by atoms with Crippen LogP contribution in [0.2, 0.25) is 0 Å². The number of nitrogen functional groups attached to an aromatic ring is 1. The van der Waals surface area contributed by atoms with Gasteiger partial charge in [0, 0.05) is 18.0 Å². The molecule has 21 heavy (non-hydrogen) atoms. The van der Waals surface area contributed by atoms with Crippen molar-refractivity contribution in [1.82, 2.24) is 4.98 Å². The highest BCUT2D eigenvalue weighted by atomic mass is 19.1. The van der Waals surface area contributed by atoms with Crippen LogP contribution in [0, 0.1) is 5.82 Å². The summed E-state index contributed by atoms with van der Waals surface area (Å²) in [6.07, 6.45) is 2.05. The van der Waals surface area contributed by atoms with Crippen molar-refractivity contribution in [2.24, 2.45) is 0 Å². The normalized spacial score (nSPS) is 17.3. The predicted molar refractivity (Wildman–Crippen MR) is 76.3 cm³/mol. The van der Waals surface area contributed by atoms with Crippen LogP contribution in [0.25, 0.3) is 0 Å². The lowest BCUT2D eigenvalue weighted by atomic mass is 10.1. The van der Waals surface area contributed by atoms with Crippen molar-refractivity contribution in [3.05, 3.63) is 48.0 Å². The van der Waals surface area contributed by atoms with E-state index >= 15 is 0 Å². The average molecular weight is 287 g/mol. The van der Waals surface area contributed by atoms with E-state index in [1.807, 2.05) is 0 Å². The van der Waals surface area contributed by atoms with Crippen molar-refractivity contribution >= 4 is 17.3 Å². The number of carbonyl (C=O) groups is 1. The Labute approximate surface area is 121 Å². The van der Waals surface area contributed by atoms with Crippen molar-refractivity contribution < 1.29 is 13.9 Å². The number of nitrogens with two attached hydrogens (primary N) is 1. The number of nitrogens with zero attached hydrogens (tertiary/aromatic N) is 2. The third-order valence-corrected chi connectivity index (χ3v) is 3.29. The van der Waals surface area contributed by atoms with Crippen LogP contribution in [0.15, 0.2) is 36.7 Å². The van der Waals surface area contributed by atoms with Crippen LogP contribution in [-0.4, -0.2) is 17.0 Å². The standard InChI is InChI=1S/C15H14FN3O2/c1-9-15(20)19(8-10-4-11(16)7-18-6-10)13-3-2-12(17)5-14(13)21-9/h2-7,9H,8,17H2,1H3. The van der Waals surface area contributed by atoms with Crippen molar-refractivity contribution in [3.63, 3.8) is 0 Å². The summed E-state index contributed by atoms with van der Waals surface area (Å²) in [5, 5.41) is 0. The first-order valence-electron chi connectivity index (χ1n) is 6.51. The lowest BCUT2D eigenvalue weighted by Crippen LogP contribution is -2.44. The first kappa shape index (κ1) is 13.4. The molecule has 1 aromatic carbocycles. The smallest absolute Gasteiger partial charge is 0.268 e. The monoisotopic (exact) mass is 287 g/mol. The van der Waals surface area contributed by atoms with Gasteiger partial charge in [-0.25, -0.2) is 4.39 Å². The van der Waals surface area contributed by atoms with E-state index in [4.69, 9.17) is 10.5 Å². The topological polar surface area (TPSA) is 68.5 Å². The highest BCUT2D eigenvalue weighted by molar-refractivity contribution is 6.00. The zero-order valence-corrected chi connectivity index (χ0v) is 11.4. The lowest BCUT2D eigenvalue weighted by Gasteiger charge is -2.33. The van der Waals surface area contributed by atoms with Crippen LogP contribution in [0.3, 0.4) is 0 Å². The van der Waals surface area contributed by atoms with Gasteiger partial charge in [-0.2, -0.15) is 0 Å². The fourth-order valence-electron chi connectivity index (χ4n) is 2.32. The van der Waals surface area contributed by atoms with Crippen molar-refractivity contribution in [1.29, 1.82) is 0 Å². The Morgan fingerprint density at radius 2 is 2.19 bits per heavy atom. The third-order valence-electron chi connectivity index (χ3n) is 3.29. The number of fused-ring (bicyclic) bond motifs is 1. The second kappa shape index (κ2) is 5.05. The molecule has 0 bridgehead atoms. The maximum atomic E-state index is 13.2. The molecule has 108 valence electrons. The molecule has 0 saturated heterocycles. The van der Waals surface area contributed by atoms with E-state index in [-0.39, 0.29) is 12.5 Å². The summed E-state index contributed by atoms with van der Waals surface area (Å²) >= 11 is 0. The lowest BCUT2D eigenvalue weighted by molar-refractivity contribution is -0.125. The van der Waals surface area contributed by atoms with Crippen LogP contribution >= 0.6 is 0 Å². The molecule has 2 heterocycles. The van der Waals surface area contributed by atoms with Gasteiger partial charge in [0.05, 0.1) is 18.4 Å². The highest BCUT2D eigenvalue weighted by Gasteiger charge is 2.31. The molecule has 1 aromatic heterocycles. The predicted octanol–water partition coefficient (Wildman–Crippen LogP) is 2.12. The number of halogens is 1. The molecule has 0 spiro atoms. The van der Waals surface area contributed by atoms with Crippen LogP contribution in [0.5, 0.6) is 5.75 Å². The largest absolute Gasteiger partial charge is 0.479 e. The molecule has 0 aliphatic carbocycles. The number of anilines is 2. The summed E-state index contributed by atoms with van der Waals surface area (Å²) in [6, 6.07) is 6.45. The van der Waals surface area contributed by atoms with Crippen molar-refractivity contribution in [2.75, 3.05) is 10.6 Å². The van der Waals surface area contributed by atoms with Crippen LogP contribution in [-0.2, 0) is 11.3 Å². The van der Waals surface area contributed by atoms with Crippen LogP contribution in [0.1, 0.15) is 12.5 Å². The minimum absolute atomic E-state index is 0.184. The molecule has 5 nitrogen and oxygen atoms in total. The van der Waals surface area contributed by atoms with E-state index in [9.17, 15) is 9.18 Å². The molecule has 2 N–H and O–H groups in total. The van der Waals surface area contributed by atoms with Gasteiger partial charge in [-0.15, -0.1) is 0 Å². The molecule has 1 aliphatic heterocycles. The average Bonchev–Trinajstić information content (AvgIpc) is 2.44. The van der Waals surface area contributed by atoms with Gasteiger partial charge in [0.1, 0.15) is 11.6 Å². The SMILES string of the molecule is CC1Oc2cc(N)ccc2N(Cc2cncc(F)c2)C1=O. The summed E-state index contributed by atoms with van der Waals surface area (Å²) in [5.41, 5.74) is 7.53. The number of hydrogen-bond acceptors (Lipinski definition) is 4. The van der Waals surface area contributed by atoms with Gasteiger partial charge in [-0.1, -0.05) is 0 Å². The molecule has 3 rings (SSSR count). The van der Waals surface area contributed by atoms with E-state index in [1.165, 1.54) is 12.3 Å². The molecular formula is C15H14FN3O2. The maximum Gasteiger partial charge on any atom is 0.268 e. The zero-order chi connectivity index (χ0) is 15.0. The van der Waals surface area contributed by atoms with E-state index in [0.717, 1.165) is 6.20 Å². The van der Waals surface area contributed by atoms with Crippen LogP contribution < -0.4 is 15.4 Å². The quantitative estimate of drug-likeness (QED) is 0.859. The van der Waals surface area contributed by atoms with Crippen LogP contribution in [0.4, 0.5) is 15.8 Å². The second-order valence-electron chi connectivity index (χ2n) is 4.92. The van der Waals surface area contributed by atoms with E-state index in [1.54, 1.807) is 30.0 Å². The molecule has 1 aliphatic rings. The Morgan fingerprint density at radius 1 is 1.38 bits per heavy atom. The summed E-state index contributed by atoms with van der Waals surface area (Å²) in [7, 11) is 0. The number of pyridine rings is 1. The fourth-order valence-corrected chi connectivity index (χ4v) is 2.32. The Kier molecular flexibility index (Phi) is 3.21. The first-order chi connectivity index (χ1) is 10.0. The van der Waals surface area contributed by atoms with Crippen molar-refractivity contribution in [3.8, 4) is 5.75 Å². The number of aromatic nitrogens is 1.